The van der Waals surface area contributed by atoms with Gasteiger partial charge in [-0.05, 0) is 36.8 Å². The van der Waals surface area contributed by atoms with Crippen LogP contribution in [0.3, 0.4) is 0 Å². The minimum atomic E-state index is -1.12. The Morgan fingerprint density at radius 1 is 1.32 bits per heavy atom. The molecule has 0 radical (unpaired) electrons. The zero-order valence-electron chi connectivity index (χ0n) is 11.9. The Kier molecular flexibility index (Phi) is 4.49. The monoisotopic (exact) mass is 335 g/mol. The van der Waals surface area contributed by atoms with Gasteiger partial charge in [0.05, 0.1) is 23.0 Å². The van der Waals surface area contributed by atoms with Crippen molar-refractivity contribution < 1.29 is 13.0 Å². The Morgan fingerprint density at radius 2 is 2.09 bits per heavy atom. The molecule has 0 bridgehead atoms. The van der Waals surface area contributed by atoms with Crippen LogP contribution in [-0.2, 0) is 16.6 Å². The van der Waals surface area contributed by atoms with E-state index in [1.165, 1.54) is 23.5 Å². The SMILES string of the molecule is C[C@@H](c1ccc(F)cc1)[S@@](=O)Cc1csc(-c2ccco2)n1. The molecule has 22 heavy (non-hydrogen) atoms. The number of aromatic nitrogens is 1. The van der Waals surface area contributed by atoms with Crippen molar-refractivity contribution in [2.75, 3.05) is 0 Å². The van der Waals surface area contributed by atoms with Crippen LogP contribution < -0.4 is 0 Å². The van der Waals surface area contributed by atoms with Crippen LogP contribution in [0.1, 0.15) is 23.4 Å². The van der Waals surface area contributed by atoms with Gasteiger partial charge in [0.15, 0.2) is 10.8 Å². The first-order valence-electron chi connectivity index (χ1n) is 6.74. The highest BCUT2D eigenvalue weighted by molar-refractivity contribution is 7.84. The van der Waals surface area contributed by atoms with Crippen molar-refractivity contribution >= 4 is 22.1 Å². The second-order valence-electron chi connectivity index (χ2n) is 4.84. The standard InChI is InChI=1S/C16H14FNO2S2/c1-11(12-4-6-13(17)7-5-12)22(19)10-14-9-21-16(18-14)15-3-2-8-20-15/h2-9,11H,10H2,1H3/t11-,22-/m0/s1. The summed E-state index contributed by atoms with van der Waals surface area (Å²) in [4.78, 5) is 4.45. The lowest BCUT2D eigenvalue weighted by Crippen LogP contribution is -2.05. The molecule has 0 saturated heterocycles. The third-order valence-electron chi connectivity index (χ3n) is 3.31. The van der Waals surface area contributed by atoms with Crippen molar-refractivity contribution in [2.24, 2.45) is 0 Å². The van der Waals surface area contributed by atoms with Crippen LogP contribution in [0.5, 0.6) is 0 Å². The van der Waals surface area contributed by atoms with E-state index in [4.69, 9.17) is 4.42 Å². The van der Waals surface area contributed by atoms with Gasteiger partial charge in [-0.2, -0.15) is 0 Å². The molecule has 0 unspecified atom stereocenters. The van der Waals surface area contributed by atoms with Crippen LogP contribution in [0.15, 0.2) is 52.5 Å². The van der Waals surface area contributed by atoms with Crippen LogP contribution >= 0.6 is 11.3 Å². The van der Waals surface area contributed by atoms with E-state index in [9.17, 15) is 8.60 Å². The molecule has 1 aromatic carbocycles. The molecular weight excluding hydrogens is 321 g/mol. The lowest BCUT2D eigenvalue weighted by molar-refractivity contribution is 0.581. The summed E-state index contributed by atoms with van der Waals surface area (Å²) in [7, 11) is -1.12. The Balaban J connectivity index is 1.70. The van der Waals surface area contributed by atoms with Gasteiger partial charge >= 0.3 is 0 Å². The van der Waals surface area contributed by atoms with E-state index in [1.807, 2.05) is 24.4 Å². The van der Waals surface area contributed by atoms with Crippen LogP contribution in [0, 0.1) is 5.82 Å². The molecule has 3 aromatic rings. The molecule has 0 aliphatic heterocycles. The second kappa shape index (κ2) is 6.54. The topological polar surface area (TPSA) is 43.1 Å². The fourth-order valence-electron chi connectivity index (χ4n) is 2.04. The summed E-state index contributed by atoms with van der Waals surface area (Å²) in [6.07, 6.45) is 1.60. The van der Waals surface area contributed by atoms with Crippen LogP contribution in [0.2, 0.25) is 0 Å². The van der Waals surface area contributed by atoms with Crippen molar-refractivity contribution in [3.05, 3.63) is 65.1 Å². The normalized spacial score (nSPS) is 13.9. The molecule has 0 saturated carbocycles. The van der Waals surface area contributed by atoms with Crippen molar-refractivity contribution in [2.45, 2.75) is 17.9 Å². The highest BCUT2D eigenvalue weighted by atomic mass is 32.2. The minimum absolute atomic E-state index is 0.172. The molecule has 0 N–H and O–H groups in total. The summed E-state index contributed by atoms with van der Waals surface area (Å²) in [5, 5.41) is 2.51. The van der Waals surface area contributed by atoms with E-state index in [1.54, 1.807) is 18.4 Å². The number of furan rings is 1. The Morgan fingerprint density at radius 3 is 2.77 bits per heavy atom. The molecule has 0 aliphatic carbocycles. The number of halogens is 1. The van der Waals surface area contributed by atoms with Gasteiger partial charge in [0.2, 0.25) is 0 Å². The van der Waals surface area contributed by atoms with Gasteiger partial charge in [-0.25, -0.2) is 9.37 Å². The summed E-state index contributed by atoms with van der Waals surface area (Å²) in [6.45, 7) is 1.88. The number of hydrogen-bond donors (Lipinski definition) is 0. The van der Waals surface area contributed by atoms with E-state index in [0.29, 0.717) is 11.5 Å². The molecule has 0 fully saturated rings. The quantitative estimate of drug-likeness (QED) is 0.687. The maximum Gasteiger partial charge on any atom is 0.162 e. The molecule has 2 heterocycles. The van der Waals surface area contributed by atoms with E-state index in [2.05, 4.69) is 4.98 Å². The zero-order chi connectivity index (χ0) is 15.5. The van der Waals surface area contributed by atoms with Crippen LogP contribution in [0.4, 0.5) is 4.39 Å². The Labute approximate surface area is 134 Å². The lowest BCUT2D eigenvalue weighted by Gasteiger charge is -2.10. The maximum absolute atomic E-state index is 12.9. The van der Waals surface area contributed by atoms with Crippen LogP contribution in [0.25, 0.3) is 10.8 Å². The third-order valence-corrected chi connectivity index (χ3v) is 5.85. The largest absolute Gasteiger partial charge is 0.462 e. The predicted octanol–water partition coefficient (Wildman–Crippen LogP) is 4.55. The summed E-state index contributed by atoms with van der Waals surface area (Å²) in [5.41, 5.74) is 1.64. The first-order chi connectivity index (χ1) is 10.6. The molecule has 3 nitrogen and oxygen atoms in total. The van der Waals surface area contributed by atoms with E-state index < -0.39 is 10.8 Å². The van der Waals surface area contributed by atoms with Crippen molar-refractivity contribution in [3.8, 4) is 10.8 Å². The molecule has 0 aliphatic rings. The van der Waals surface area contributed by atoms with Gasteiger partial charge < -0.3 is 4.42 Å². The molecule has 2 aromatic heterocycles. The van der Waals surface area contributed by atoms with Crippen molar-refractivity contribution in [3.63, 3.8) is 0 Å². The van der Waals surface area contributed by atoms with Crippen molar-refractivity contribution in [1.82, 2.24) is 4.98 Å². The highest BCUT2D eigenvalue weighted by Gasteiger charge is 2.16. The average Bonchev–Trinajstić information content (AvgIpc) is 3.18. The van der Waals surface area contributed by atoms with Gasteiger partial charge in [0.25, 0.3) is 0 Å². The van der Waals surface area contributed by atoms with Crippen LogP contribution in [-0.4, -0.2) is 9.19 Å². The summed E-state index contributed by atoms with van der Waals surface area (Å²) in [6, 6.07) is 9.79. The van der Waals surface area contributed by atoms with E-state index in [-0.39, 0.29) is 11.1 Å². The third kappa shape index (κ3) is 3.34. The maximum atomic E-state index is 12.9. The number of benzene rings is 1. The second-order valence-corrected chi connectivity index (χ2v) is 7.46. The molecule has 6 heteroatoms. The smallest absolute Gasteiger partial charge is 0.162 e. The highest BCUT2D eigenvalue weighted by Crippen LogP contribution is 2.27. The van der Waals surface area contributed by atoms with Gasteiger partial charge in [0.1, 0.15) is 5.82 Å². The fourth-order valence-corrected chi connectivity index (χ4v) is 4.08. The molecule has 0 spiro atoms. The Hall–Kier alpha value is -1.79. The zero-order valence-corrected chi connectivity index (χ0v) is 13.5. The van der Waals surface area contributed by atoms with E-state index >= 15 is 0 Å². The summed E-state index contributed by atoms with van der Waals surface area (Å²) >= 11 is 1.47. The Bertz CT molecular complexity index is 766. The first-order valence-corrected chi connectivity index (χ1v) is 9.00. The lowest BCUT2D eigenvalue weighted by atomic mass is 10.2. The average molecular weight is 335 g/mol. The number of thiazole rings is 1. The molecule has 2 atom stereocenters. The van der Waals surface area contributed by atoms with Crippen molar-refractivity contribution in [1.29, 1.82) is 0 Å². The number of rotatable bonds is 5. The van der Waals surface area contributed by atoms with Gasteiger partial charge in [-0.3, -0.25) is 4.21 Å². The van der Waals surface area contributed by atoms with Gasteiger partial charge in [-0.1, -0.05) is 12.1 Å². The summed E-state index contributed by atoms with van der Waals surface area (Å²) in [5.74, 6) is 0.799. The first kappa shape index (κ1) is 15.1. The molecule has 3 rings (SSSR count). The molecule has 114 valence electrons. The summed E-state index contributed by atoms with van der Waals surface area (Å²) < 4.78 is 30.7. The number of nitrogens with zero attached hydrogens (tertiary/aromatic N) is 1. The molecule has 0 amide bonds. The fraction of sp³-hybridized carbons (Fsp3) is 0.188. The predicted molar refractivity (Wildman–Crippen MR) is 86.5 cm³/mol. The molecular formula is C16H14FNO2S2. The van der Waals surface area contributed by atoms with E-state index in [0.717, 1.165) is 16.3 Å². The van der Waals surface area contributed by atoms with Gasteiger partial charge in [-0.15, -0.1) is 11.3 Å². The minimum Gasteiger partial charge on any atom is -0.462 e. The van der Waals surface area contributed by atoms with Gasteiger partial charge in [0, 0.05) is 16.2 Å². The number of hydrogen-bond acceptors (Lipinski definition) is 4.